The summed E-state index contributed by atoms with van der Waals surface area (Å²) in [6.45, 7) is 2.73. The fraction of sp³-hybridized carbons (Fsp3) is 0.600. The van der Waals surface area contributed by atoms with Gasteiger partial charge >= 0.3 is 0 Å². The molecule has 8 heavy (non-hydrogen) atoms. The third-order valence-electron chi connectivity index (χ3n) is 0.650. The van der Waals surface area contributed by atoms with E-state index >= 15 is 0 Å². The normalized spacial score (nSPS) is 9.75. The molecular weight excluding hydrogens is 102 g/mol. The van der Waals surface area contributed by atoms with E-state index in [0.717, 1.165) is 6.54 Å². The predicted octanol–water partition coefficient (Wildman–Crippen LogP) is 0.573. The molecule has 0 atom stereocenters. The minimum Gasteiger partial charge on any atom is -0.327 e. The van der Waals surface area contributed by atoms with Crippen molar-refractivity contribution in [1.82, 2.24) is 4.90 Å². The van der Waals surface area contributed by atoms with Crippen LogP contribution in [-0.4, -0.2) is 31.2 Å². The summed E-state index contributed by atoms with van der Waals surface area (Å²) < 4.78 is 0. The van der Waals surface area contributed by atoms with Gasteiger partial charge in [-0.05, 0) is 6.92 Å². The van der Waals surface area contributed by atoms with Crippen LogP contribution >= 0.6 is 0 Å². The molecule has 0 aromatic carbocycles. The average molecular weight is 113 g/mol. The van der Waals surface area contributed by atoms with E-state index in [1.165, 1.54) is 6.34 Å². The lowest BCUT2D eigenvalue weighted by Gasteiger charge is -2.00. The van der Waals surface area contributed by atoms with Gasteiger partial charge in [-0.1, -0.05) is 0 Å². The van der Waals surface area contributed by atoms with Crippen LogP contribution in [0.1, 0.15) is 6.92 Å². The zero-order valence-electron chi connectivity index (χ0n) is 5.26. The first-order valence-electron chi connectivity index (χ1n) is 2.53. The lowest BCUT2D eigenvalue weighted by molar-refractivity contribution is 0.789. The molecule has 0 aromatic heterocycles. The van der Waals surface area contributed by atoms with E-state index in [-0.39, 0.29) is 0 Å². The number of hydrogen-bond donors (Lipinski definition) is 1. The maximum atomic E-state index is 6.70. The second kappa shape index (κ2) is 4.30. The Morgan fingerprint density at radius 3 is 2.75 bits per heavy atom. The lowest BCUT2D eigenvalue weighted by atomic mass is 10.8. The van der Waals surface area contributed by atoms with Crippen LogP contribution in [-0.2, 0) is 0 Å². The van der Waals surface area contributed by atoms with Gasteiger partial charge in [0.05, 0.1) is 12.7 Å². The molecule has 0 unspecified atom stereocenters. The standard InChI is InChI=1S/C5H11N3/c1-3-7-5-8(2)4-6/h4-6H,3H2,1-2H3. The van der Waals surface area contributed by atoms with Gasteiger partial charge in [-0.25, -0.2) is 0 Å². The van der Waals surface area contributed by atoms with Crippen LogP contribution in [0.15, 0.2) is 4.99 Å². The summed E-state index contributed by atoms with van der Waals surface area (Å²) in [5.74, 6) is 0. The van der Waals surface area contributed by atoms with Crippen LogP contribution in [0.4, 0.5) is 0 Å². The van der Waals surface area contributed by atoms with Crippen molar-refractivity contribution in [2.45, 2.75) is 6.92 Å². The molecule has 0 aliphatic heterocycles. The molecule has 0 aliphatic rings. The number of aliphatic imine (C=N–C) groups is 1. The Morgan fingerprint density at radius 2 is 2.38 bits per heavy atom. The first-order valence-corrected chi connectivity index (χ1v) is 2.53. The third kappa shape index (κ3) is 3.33. The van der Waals surface area contributed by atoms with Crippen molar-refractivity contribution in [3.63, 3.8) is 0 Å². The van der Waals surface area contributed by atoms with Crippen molar-refractivity contribution in [2.75, 3.05) is 13.6 Å². The Balaban J connectivity index is 3.35. The summed E-state index contributed by atoms with van der Waals surface area (Å²) in [6, 6.07) is 0. The molecular formula is C5H11N3. The van der Waals surface area contributed by atoms with E-state index in [2.05, 4.69) is 4.99 Å². The summed E-state index contributed by atoms with van der Waals surface area (Å²) in [4.78, 5) is 5.48. The van der Waals surface area contributed by atoms with E-state index in [1.807, 2.05) is 6.92 Å². The van der Waals surface area contributed by atoms with E-state index < -0.39 is 0 Å². The van der Waals surface area contributed by atoms with E-state index in [0.29, 0.717) is 0 Å². The Morgan fingerprint density at radius 1 is 1.75 bits per heavy atom. The fourth-order valence-electron chi connectivity index (χ4n) is 0.244. The Kier molecular flexibility index (Phi) is 3.84. The second-order valence-corrected chi connectivity index (χ2v) is 1.41. The van der Waals surface area contributed by atoms with E-state index in [1.54, 1.807) is 18.3 Å². The van der Waals surface area contributed by atoms with Crippen molar-refractivity contribution < 1.29 is 0 Å². The molecule has 0 saturated carbocycles. The first kappa shape index (κ1) is 7.14. The topological polar surface area (TPSA) is 39.5 Å². The molecule has 3 nitrogen and oxygen atoms in total. The predicted molar refractivity (Wildman–Crippen MR) is 35.6 cm³/mol. The summed E-state index contributed by atoms with van der Waals surface area (Å²) in [5.41, 5.74) is 0. The van der Waals surface area contributed by atoms with Crippen molar-refractivity contribution in [3.8, 4) is 0 Å². The molecule has 0 amide bonds. The fourth-order valence-corrected chi connectivity index (χ4v) is 0.244. The van der Waals surface area contributed by atoms with E-state index in [4.69, 9.17) is 5.41 Å². The summed E-state index contributed by atoms with van der Waals surface area (Å²) in [7, 11) is 1.77. The lowest BCUT2D eigenvalue weighted by Crippen LogP contribution is -2.12. The van der Waals surface area contributed by atoms with Crippen molar-refractivity contribution >= 4 is 12.7 Å². The van der Waals surface area contributed by atoms with Gasteiger partial charge in [-0.15, -0.1) is 0 Å². The highest BCUT2D eigenvalue weighted by Gasteiger charge is 1.76. The van der Waals surface area contributed by atoms with Crippen LogP contribution in [0.5, 0.6) is 0 Å². The third-order valence-corrected chi connectivity index (χ3v) is 0.650. The van der Waals surface area contributed by atoms with Gasteiger partial charge in [0.15, 0.2) is 0 Å². The van der Waals surface area contributed by atoms with Crippen LogP contribution in [0.2, 0.25) is 0 Å². The van der Waals surface area contributed by atoms with E-state index in [9.17, 15) is 0 Å². The second-order valence-electron chi connectivity index (χ2n) is 1.41. The first-order chi connectivity index (χ1) is 3.81. The van der Waals surface area contributed by atoms with Crippen molar-refractivity contribution in [2.24, 2.45) is 4.99 Å². The van der Waals surface area contributed by atoms with Crippen molar-refractivity contribution in [1.29, 1.82) is 5.41 Å². The molecule has 0 radical (unpaired) electrons. The van der Waals surface area contributed by atoms with Gasteiger partial charge < -0.3 is 4.90 Å². The summed E-state index contributed by atoms with van der Waals surface area (Å²) >= 11 is 0. The summed E-state index contributed by atoms with van der Waals surface area (Å²) in [6.07, 6.45) is 2.83. The molecule has 0 saturated heterocycles. The van der Waals surface area contributed by atoms with Gasteiger partial charge in [0.2, 0.25) is 0 Å². The number of nitrogens with one attached hydrogen (secondary N) is 1. The van der Waals surface area contributed by atoms with Gasteiger partial charge in [0.1, 0.15) is 0 Å². The molecule has 0 bridgehead atoms. The van der Waals surface area contributed by atoms with Crippen LogP contribution in [0.25, 0.3) is 0 Å². The molecule has 0 fully saturated rings. The minimum atomic E-state index is 0.776. The summed E-state index contributed by atoms with van der Waals surface area (Å²) in [5, 5.41) is 6.70. The molecule has 0 aliphatic carbocycles. The van der Waals surface area contributed by atoms with Gasteiger partial charge in [0, 0.05) is 13.6 Å². The molecule has 0 aromatic rings. The average Bonchev–Trinajstić information content (AvgIpc) is 1.83. The highest BCUT2D eigenvalue weighted by atomic mass is 15.1. The SMILES string of the molecule is CCN=CN(C)C=N. The minimum absolute atomic E-state index is 0.776. The van der Waals surface area contributed by atoms with Gasteiger partial charge in [-0.3, -0.25) is 10.4 Å². The molecule has 0 heterocycles. The Labute approximate surface area is 49.5 Å². The zero-order valence-corrected chi connectivity index (χ0v) is 5.26. The number of rotatable bonds is 3. The monoisotopic (exact) mass is 113 g/mol. The smallest absolute Gasteiger partial charge is 0.0898 e. The quantitative estimate of drug-likeness (QED) is 0.422. The molecule has 0 spiro atoms. The molecule has 0 rings (SSSR count). The number of hydrogen-bond acceptors (Lipinski definition) is 2. The highest BCUT2D eigenvalue weighted by Crippen LogP contribution is 1.67. The maximum Gasteiger partial charge on any atom is 0.0898 e. The Hall–Kier alpha value is -0.860. The van der Waals surface area contributed by atoms with Gasteiger partial charge in [0.25, 0.3) is 0 Å². The molecule has 3 heteroatoms. The largest absolute Gasteiger partial charge is 0.327 e. The van der Waals surface area contributed by atoms with Crippen LogP contribution < -0.4 is 0 Å². The highest BCUT2D eigenvalue weighted by molar-refractivity contribution is 5.72. The Bertz CT molecular complexity index is 87.7. The van der Waals surface area contributed by atoms with Crippen molar-refractivity contribution in [3.05, 3.63) is 0 Å². The molecule has 46 valence electrons. The van der Waals surface area contributed by atoms with Gasteiger partial charge in [-0.2, -0.15) is 0 Å². The number of nitrogens with zero attached hydrogens (tertiary/aromatic N) is 2. The van der Waals surface area contributed by atoms with Crippen LogP contribution in [0.3, 0.4) is 0 Å². The maximum absolute atomic E-state index is 6.70. The zero-order chi connectivity index (χ0) is 6.41. The molecule has 1 N–H and O–H groups in total. The van der Waals surface area contributed by atoms with Crippen LogP contribution in [0, 0.1) is 5.41 Å².